The van der Waals surface area contributed by atoms with Gasteiger partial charge in [0.2, 0.25) is 5.91 Å². The zero-order valence-corrected chi connectivity index (χ0v) is 11.9. The van der Waals surface area contributed by atoms with Gasteiger partial charge in [0.1, 0.15) is 6.04 Å². The lowest BCUT2D eigenvalue weighted by molar-refractivity contribution is -0.141. The molecule has 114 valence electrons. The van der Waals surface area contributed by atoms with Crippen molar-refractivity contribution in [1.29, 1.82) is 0 Å². The van der Waals surface area contributed by atoms with E-state index in [4.69, 9.17) is 0 Å². The van der Waals surface area contributed by atoms with Gasteiger partial charge in [0.25, 0.3) is 0 Å². The number of hydrogen-bond acceptors (Lipinski definition) is 4. The van der Waals surface area contributed by atoms with Crippen LogP contribution >= 0.6 is 0 Å². The van der Waals surface area contributed by atoms with Crippen LogP contribution in [-0.2, 0) is 16.1 Å². The Morgan fingerprint density at radius 1 is 1.14 bits per heavy atom. The molecule has 1 amide bonds. The first-order valence-corrected chi connectivity index (χ1v) is 6.85. The number of pyridine rings is 1. The molecular formula is C16H17N3O3. The van der Waals surface area contributed by atoms with Gasteiger partial charge in [-0.25, -0.2) is 0 Å². The molecule has 0 saturated carbocycles. The molecule has 3 N–H and O–H groups in total. The van der Waals surface area contributed by atoms with Crippen molar-refractivity contribution >= 4 is 17.6 Å². The molecule has 6 heteroatoms. The Morgan fingerprint density at radius 2 is 1.91 bits per heavy atom. The molecule has 2 aromatic rings. The van der Waals surface area contributed by atoms with Gasteiger partial charge in [0, 0.05) is 12.7 Å². The fourth-order valence-corrected chi connectivity index (χ4v) is 1.92. The standard InChI is InChI=1S/C16H17N3O3/c20-15(19-13-7-4-8-17-11-13)9-14(16(21)22)18-10-12-5-2-1-3-6-12/h1-8,11,14,18H,9-10H2,(H,19,20)(H,21,22). The highest BCUT2D eigenvalue weighted by atomic mass is 16.4. The van der Waals surface area contributed by atoms with E-state index < -0.39 is 12.0 Å². The smallest absolute Gasteiger partial charge is 0.321 e. The number of hydrogen-bond donors (Lipinski definition) is 3. The second-order valence-electron chi connectivity index (χ2n) is 4.75. The SMILES string of the molecule is O=C(CC(NCc1ccccc1)C(=O)O)Nc1cccnc1. The molecule has 0 aliphatic rings. The molecule has 0 bridgehead atoms. The predicted octanol–water partition coefficient (Wildman–Crippen LogP) is 1.65. The number of aliphatic carboxylic acids is 1. The number of aromatic nitrogens is 1. The van der Waals surface area contributed by atoms with Crippen LogP contribution in [0.2, 0.25) is 0 Å². The normalized spacial score (nSPS) is 11.6. The van der Waals surface area contributed by atoms with E-state index in [1.165, 1.54) is 6.20 Å². The van der Waals surface area contributed by atoms with Gasteiger partial charge in [0.05, 0.1) is 18.3 Å². The van der Waals surface area contributed by atoms with Crippen LogP contribution in [0.15, 0.2) is 54.9 Å². The van der Waals surface area contributed by atoms with Crippen LogP contribution in [0, 0.1) is 0 Å². The summed E-state index contributed by atoms with van der Waals surface area (Å²) in [6, 6.07) is 11.9. The third-order valence-corrected chi connectivity index (χ3v) is 3.03. The zero-order chi connectivity index (χ0) is 15.8. The Balaban J connectivity index is 1.88. The van der Waals surface area contributed by atoms with Gasteiger partial charge in [-0.3, -0.25) is 19.9 Å². The number of amides is 1. The molecule has 0 aliphatic heterocycles. The number of rotatable bonds is 7. The van der Waals surface area contributed by atoms with Crippen LogP contribution in [0.4, 0.5) is 5.69 Å². The molecule has 1 aromatic heterocycles. The van der Waals surface area contributed by atoms with Crippen molar-refractivity contribution in [1.82, 2.24) is 10.3 Å². The quantitative estimate of drug-likeness (QED) is 0.723. The summed E-state index contributed by atoms with van der Waals surface area (Å²) in [6.07, 6.45) is 2.94. The number of carboxylic acid groups (broad SMARTS) is 1. The van der Waals surface area contributed by atoms with Crippen LogP contribution in [0.5, 0.6) is 0 Å². The van der Waals surface area contributed by atoms with E-state index >= 15 is 0 Å². The first-order chi connectivity index (χ1) is 10.6. The van der Waals surface area contributed by atoms with Crippen molar-refractivity contribution in [3.8, 4) is 0 Å². The summed E-state index contributed by atoms with van der Waals surface area (Å²) < 4.78 is 0. The molecule has 0 spiro atoms. The minimum Gasteiger partial charge on any atom is -0.480 e. The minimum absolute atomic E-state index is 0.156. The summed E-state index contributed by atoms with van der Waals surface area (Å²) in [5.74, 6) is -1.43. The van der Waals surface area contributed by atoms with E-state index in [1.807, 2.05) is 30.3 Å². The maximum atomic E-state index is 11.9. The predicted molar refractivity (Wildman–Crippen MR) is 82.2 cm³/mol. The van der Waals surface area contributed by atoms with Crippen molar-refractivity contribution in [3.05, 3.63) is 60.4 Å². The molecule has 22 heavy (non-hydrogen) atoms. The number of anilines is 1. The fraction of sp³-hybridized carbons (Fsp3) is 0.188. The van der Waals surface area contributed by atoms with E-state index in [-0.39, 0.29) is 12.3 Å². The Labute approximate surface area is 128 Å². The molecule has 0 fully saturated rings. The van der Waals surface area contributed by atoms with Gasteiger partial charge < -0.3 is 10.4 Å². The Kier molecular flexibility index (Phi) is 5.62. The average molecular weight is 299 g/mol. The van der Waals surface area contributed by atoms with Crippen LogP contribution in [-0.4, -0.2) is 28.0 Å². The van der Waals surface area contributed by atoms with Gasteiger partial charge in [-0.15, -0.1) is 0 Å². The van der Waals surface area contributed by atoms with Crippen molar-refractivity contribution in [2.24, 2.45) is 0 Å². The van der Waals surface area contributed by atoms with E-state index in [0.717, 1.165) is 5.56 Å². The van der Waals surface area contributed by atoms with Crippen molar-refractivity contribution in [3.63, 3.8) is 0 Å². The fourth-order valence-electron chi connectivity index (χ4n) is 1.92. The first-order valence-electron chi connectivity index (χ1n) is 6.85. The van der Waals surface area contributed by atoms with E-state index in [1.54, 1.807) is 18.3 Å². The van der Waals surface area contributed by atoms with E-state index in [2.05, 4.69) is 15.6 Å². The summed E-state index contributed by atoms with van der Waals surface area (Å²) >= 11 is 0. The second-order valence-corrected chi connectivity index (χ2v) is 4.75. The molecular weight excluding hydrogens is 282 g/mol. The molecule has 1 unspecified atom stereocenters. The van der Waals surface area contributed by atoms with Crippen molar-refractivity contribution in [2.45, 2.75) is 19.0 Å². The lowest BCUT2D eigenvalue weighted by atomic mass is 10.1. The van der Waals surface area contributed by atoms with Gasteiger partial charge in [-0.2, -0.15) is 0 Å². The summed E-state index contributed by atoms with van der Waals surface area (Å²) in [5.41, 5.74) is 1.50. The van der Waals surface area contributed by atoms with Gasteiger partial charge in [0.15, 0.2) is 0 Å². The summed E-state index contributed by atoms with van der Waals surface area (Å²) in [5, 5.41) is 14.7. The Morgan fingerprint density at radius 3 is 2.55 bits per heavy atom. The molecule has 2 rings (SSSR count). The van der Waals surface area contributed by atoms with E-state index in [0.29, 0.717) is 12.2 Å². The lowest BCUT2D eigenvalue weighted by Crippen LogP contribution is -2.39. The second kappa shape index (κ2) is 7.90. The highest BCUT2D eigenvalue weighted by Crippen LogP contribution is 2.05. The summed E-state index contributed by atoms with van der Waals surface area (Å²) in [4.78, 5) is 27.0. The van der Waals surface area contributed by atoms with Crippen molar-refractivity contribution < 1.29 is 14.7 Å². The number of nitrogens with zero attached hydrogens (tertiary/aromatic N) is 1. The Hall–Kier alpha value is -2.73. The number of carboxylic acids is 1. The maximum Gasteiger partial charge on any atom is 0.321 e. The van der Waals surface area contributed by atoms with Gasteiger partial charge >= 0.3 is 5.97 Å². The Bertz CT molecular complexity index is 617. The molecule has 1 heterocycles. The molecule has 1 atom stereocenters. The molecule has 0 aliphatic carbocycles. The third kappa shape index (κ3) is 4.99. The number of carbonyl (C=O) groups excluding carboxylic acids is 1. The lowest BCUT2D eigenvalue weighted by Gasteiger charge is -2.14. The maximum absolute atomic E-state index is 11.9. The van der Waals surface area contributed by atoms with Crippen LogP contribution in [0.1, 0.15) is 12.0 Å². The summed E-state index contributed by atoms with van der Waals surface area (Å²) in [7, 11) is 0. The third-order valence-electron chi connectivity index (χ3n) is 3.03. The topological polar surface area (TPSA) is 91.3 Å². The number of nitrogens with one attached hydrogen (secondary N) is 2. The average Bonchev–Trinajstić information content (AvgIpc) is 2.53. The monoisotopic (exact) mass is 299 g/mol. The molecule has 0 saturated heterocycles. The largest absolute Gasteiger partial charge is 0.480 e. The first kappa shape index (κ1) is 15.7. The van der Waals surface area contributed by atoms with Crippen LogP contribution < -0.4 is 10.6 Å². The van der Waals surface area contributed by atoms with Crippen molar-refractivity contribution in [2.75, 3.05) is 5.32 Å². The van der Waals surface area contributed by atoms with Gasteiger partial charge in [-0.05, 0) is 17.7 Å². The van der Waals surface area contributed by atoms with Crippen LogP contribution in [0.25, 0.3) is 0 Å². The highest BCUT2D eigenvalue weighted by molar-refractivity contribution is 5.93. The van der Waals surface area contributed by atoms with Crippen LogP contribution in [0.3, 0.4) is 0 Å². The zero-order valence-electron chi connectivity index (χ0n) is 11.9. The minimum atomic E-state index is -1.06. The van der Waals surface area contributed by atoms with E-state index in [9.17, 15) is 14.7 Å². The highest BCUT2D eigenvalue weighted by Gasteiger charge is 2.20. The number of benzene rings is 1. The molecule has 6 nitrogen and oxygen atoms in total. The number of carbonyl (C=O) groups is 2. The summed E-state index contributed by atoms with van der Waals surface area (Å²) in [6.45, 7) is 0.387. The molecule has 1 aromatic carbocycles. The molecule has 0 radical (unpaired) electrons. The van der Waals surface area contributed by atoms with Gasteiger partial charge in [-0.1, -0.05) is 30.3 Å².